The molecule has 0 aromatic heterocycles. The number of hydrogen-bond donors (Lipinski definition) is 2. The van der Waals surface area contributed by atoms with Gasteiger partial charge in [-0.05, 0) is 50.1 Å². The van der Waals surface area contributed by atoms with E-state index in [1.807, 2.05) is 11.8 Å². The van der Waals surface area contributed by atoms with Crippen LogP contribution in [-0.4, -0.2) is 72.6 Å². The Hall–Kier alpha value is -3.14. The molecular formula is C28H31ClFN3O5. The highest BCUT2D eigenvalue weighted by atomic mass is 35.5. The number of halogens is 2. The zero-order valence-corrected chi connectivity index (χ0v) is 21.9. The topological polar surface area (TPSA) is 91.3 Å². The molecule has 202 valence electrons. The number of fused-ring (bicyclic) bond motifs is 1. The second-order valence-electron chi connectivity index (χ2n) is 9.84. The van der Waals surface area contributed by atoms with E-state index in [-0.39, 0.29) is 16.6 Å². The van der Waals surface area contributed by atoms with E-state index in [9.17, 15) is 19.1 Å². The third kappa shape index (κ3) is 5.36. The van der Waals surface area contributed by atoms with Gasteiger partial charge in [0.2, 0.25) is 0 Å². The summed E-state index contributed by atoms with van der Waals surface area (Å²) >= 11 is 6.00. The minimum Gasteiger partial charge on any atom is -0.441 e. The molecule has 3 heterocycles. The van der Waals surface area contributed by atoms with Gasteiger partial charge >= 0.3 is 0 Å². The molecule has 8 nitrogen and oxygen atoms in total. The van der Waals surface area contributed by atoms with Crippen molar-refractivity contribution in [3.8, 4) is 5.75 Å². The van der Waals surface area contributed by atoms with Gasteiger partial charge in [-0.3, -0.25) is 4.79 Å². The summed E-state index contributed by atoms with van der Waals surface area (Å²) < 4.78 is 26.6. The lowest BCUT2D eigenvalue weighted by Gasteiger charge is -2.35. The normalized spacial score (nSPS) is 20.7. The minimum absolute atomic E-state index is 0.00440. The van der Waals surface area contributed by atoms with Gasteiger partial charge in [0.15, 0.2) is 11.7 Å². The SMILES string of the molecule is CC(Nc1cccc(Cl)c1F)c1cc(C(=O)N2CCC(O)CC2)cc2c1OC(N1CCOCC1)=CC2C=O. The average molecular weight is 544 g/mol. The van der Waals surface area contributed by atoms with Crippen LogP contribution in [0.25, 0.3) is 0 Å². The van der Waals surface area contributed by atoms with Gasteiger partial charge < -0.3 is 34.5 Å². The summed E-state index contributed by atoms with van der Waals surface area (Å²) in [4.78, 5) is 29.5. The Morgan fingerprint density at radius 1 is 1.21 bits per heavy atom. The van der Waals surface area contributed by atoms with Crippen LogP contribution in [0.4, 0.5) is 10.1 Å². The number of anilines is 1. The molecular weight excluding hydrogens is 513 g/mol. The maximum Gasteiger partial charge on any atom is 0.253 e. The molecule has 2 aromatic rings. The van der Waals surface area contributed by atoms with Crippen molar-refractivity contribution < 1.29 is 28.6 Å². The molecule has 0 bridgehead atoms. The van der Waals surface area contributed by atoms with Crippen LogP contribution in [0.2, 0.25) is 5.02 Å². The summed E-state index contributed by atoms with van der Waals surface area (Å²) in [6.45, 7) is 5.09. The summed E-state index contributed by atoms with van der Waals surface area (Å²) in [5.74, 6) is -0.353. The fraction of sp³-hybridized carbons (Fsp3) is 0.429. The number of carbonyl (C=O) groups excluding carboxylic acids is 2. The van der Waals surface area contributed by atoms with Crippen molar-refractivity contribution in [2.75, 3.05) is 44.7 Å². The molecule has 0 aliphatic carbocycles. The number of aliphatic hydroxyl groups is 1. The highest BCUT2D eigenvalue weighted by molar-refractivity contribution is 6.31. The van der Waals surface area contributed by atoms with Gasteiger partial charge in [0.05, 0.1) is 42.0 Å². The fourth-order valence-electron chi connectivity index (χ4n) is 5.11. The maximum atomic E-state index is 14.7. The van der Waals surface area contributed by atoms with Crippen LogP contribution in [-0.2, 0) is 9.53 Å². The predicted molar refractivity (Wildman–Crippen MR) is 141 cm³/mol. The highest BCUT2D eigenvalue weighted by Gasteiger charge is 2.32. The molecule has 10 heteroatoms. The Balaban J connectivity index is 1.55. The van der Waals surface area contributed by atoms with Gasteiger partial charge in [-0.25, -0.2) is 4.39 Å². The Bertz CT molecular complexity index is 1240. The highest BCUT2D eigenvalue weighted by Crippen LogP contribution is 2.42. The van der Waals surface area contributed by atoms with Crippen LogP contribution in [0.3, 0.4) is 0 Å². The molecule has 0 spiro atoms. The van der Waals surface area contributed by atoms with Gasteiger partial charge in [0.1, 0.15) is 12.0 Å². The fourth-order valence-corrected chi connectivity index (χ4v) is 5.29. The number of carbonyl (C=O) groups is 2. The standard InChI is InChI=1S/C28H31ClFN3O5/c1-17(31-24-4-2-3-23(29)26(24)30)21-13-18(28(36)33-7-5-20(35)6-8-33)14-22-19(16-34)15-25(38-27(21)22)32-9-11-37-12-10-32/h2-4,13-17,19-20,31,35H,5-12H2,1H3. The van der Waals surface area contributed by atoms with Crippen LogP contribution in [0.1, 0.15) is 53.2 Å². The third-order valence-corrected chi connectivity index (χ3v) is 7.58. The number of ether oxygens (including phenoxy) is 2. The molecule has 2 saturated heterocycles. The number of morpholine rings is 1. The van der Waals surface area contributed by atoms with E-state index in [4.69, 9.17) is 21.1 Å². The number of allylic oxidation sites excluding steroid dienone is 1. The Kier molecular flexibility index (Phi) is 7.88. The van der Waals surface area contributed by atoms with Crippen LogP contribution >= 0.6 is 11.6 Å². The van der Waals surface area contributed by atoms with Gasteiger partial charge in [-0.2, -0.15) is 0 Å². The number of rotatable bonds is 6. The predicted octanol–water partition coefficient (Wildman–Crippen LogP) is 4.10. The first-order valence-electron chi connectivity index (χ1n) is 12.9. The van der Waals surface area contributed by atoms with Gasteiger partial charge in [0.25, 0.3) is 5.91 Å². The summed E-state index contributed by atoms with van der Waals surface area (Å²) in [7, 11) is 0. The van der Waals surface area contributed by atoms with Crippen LogP contribution in [0.5, 0.6) is 5.75 Å². The zero-order chi connectivity index (χ0) is 26.8. The van der Waals surface area contributed by atoms with Crippen molar-refractivity contribution in [2.24, 2.45) is 0 Å². The second-order valence-corrected chi connectivity index (χ2v) is 10.3. The number of nitrogens with one attached hydrogen (secondary N) is 1. The summed E-state index contributed by atoms with van der Waals surface area (Å²) in [6.07, 6.45) is 3.23. The summed E-state index contributed by atoms with van der Waals surface area (Å²) in [5, 5.41) is 13.0. The van der Waals surface area contributed by atoms with Crippen LogP contribution in [0.15, 0.2) is 42.3 Å². The van der Waals surface area contributed by atoms with E-state index in [0.29, 0.717) is 80.6 Å². The van der Waals surface area contributed by atoms with E-state index < -0.39 is 23.9 Å². The molecule has 0 saturated carbocycles. The quantitative estimate of drug-likeness (QED) is 0.530. The second kappa shape index (κ2) is 11.3. The molecule has 2 N–H and O–H groups in total. The molecule has 5 rings (SSSR count). The van der Waals surface area contributed by atoms with E-state index in [1.54, 1.807) is 35.2 Å². The first-order chi connectivity index (χ1) is 18.4. The number of nitrogens with zero attached hydrogens (tertiary/aromatic N) is 2. The first-order valence-corrected chi connectivity index (χ1v) is 13.3. The number of amides is 1. The van der Waals surface area contributed by atoms with Crippen molar-refractivity contribution >= 4 is 29.5 Å². The Morgan fingerprint density at radius 2 is 1.95 bits per heavy atom. The Morgan fingerprint density at radius 3 is 2.66 bits per heavy atom. The van der Waals surface area contributed by atoms with Crippen molar-refractivity contribution in [1.29, 1.82) is 0 Å². The molecule has 2 fully saturated rings. The van der Waals surface area contributed by atoms with Crippen molar-refractivity contribution in [3.05, 3.63) is 69.8 Å². The maximum absolute atomic E-state index is 14.7. The first kappa shape index (κ1) is 26.5. The molecule has 2 unspecified atom stereocenters. The lowest BCUT2D eigenvalue weighted by atomic mass is 9.90. The van der Waals surface area contributed by atoms with E-state index in [2.05, 4.69) is 5.32 Å². The largest absolute Gasteiger partial charge is 0.441 e. The monoisotopic (exact) mass is 543 g/mol. The molecule has 2 aromatic carbocycles. The third-order valence-electron chi connectivity index (χ3n) is 7.29. The molecule has 0 radical (unpaired) electrons. The number of hydrogen-bond acceptors (Lipinski definition) is 7. The Labute approximate surface area is 226 Å². The number of piperidine rings is 1. The zero-order valence-electron chi connectivity index (χ0n) is 21.2. The smallest absolute Gasteiger partial charge is 0.253 e. The van der Waals surface area contributed by atoms with E-state index >= 15 is 0 Å². The lowest BCUT2D eigenvalue weighted by Crippen LogP contribution is -2.40. The van der Waals surface area contributed by atoms with Crippen molar-refractivity contribution in [2.45, 2.75) is 37.8 Å². The van der Waals surface area contributed by atoms with Crippen molar-refractivity contribution in [1.82, 2.24) is 9.80 Å². The van der Waals surface area contributed by atoms with E-state index in [0.717, 1.165) is 6.29 Å². The number of aldehydes is 1. The van der Waals surface area contributed by atoms with Gasteiger partial charge in [-0.15, -0.1) is 0 Å². The average Bonchev–Trinajstić information content (AvgIpc) is 2.94. The number of likely N-dealkylation sites (tertiary alicyclic amines) is 1. The lowest BCUT2D eigenvalue weighted by molar-refractivity contribution is -0.108. The van der Waals surface area contributed by atoms with Crippen LogP contribution in [0, 0.1) is 5.82 Å². The number of aliphatic hydroxyl groups excluding tert-OH is 1. The van der Waals surface area contributed by atoms with Gasteiger partial charge in [-0.1, -0.05) is 17.7 Å². The minimum atomic E-state index is -0.624. The van der Waals surface area contributed by atoms with Crippen molar-refractivity contribution in [3.63, 3.8) is 0 Å². The number of benzene rings is 2. The van der Waals surface area contributed by atoms with Gasteiger partial charge in [0, 0.05) is 42.9 Å². The molecule has 2 atom stereocenters. The summed E-state index contributed by atoms with van der Waals surface area (Å²) in [5.41, 5.74) is 1.82. The molecule has 3 aliphatic heterocycles. The molecule has 38 heavy (non-hydrogen) atoms. The van der Waals surface area contributed by atoms with Crippen LogP contribution < -0.4 is 10.1 Å². The molecule has 3 aliphatic rings. The summed E-state index contributed by atoms with van der Waals surface area (Å²) in [6, 6.07) is 7.68. The van der Waals surface area contributed by atoms with E-state index in [1.165, 1.54) is 6.07 Å². The molecule has 1 amide bonds.